The highest BCUT2D eigenvalue weighted by molar-refractivity contribution is 5.81. The topological polar surface area (TPSA) is 142 Å². The number of carboxylic acid groups (broad SMARTS) is 1. The molecule has 0 saturated carbocycles. The Balaban J connectivity index is 0.000000479. The number of nitrogens with zero attached hydrogens (tertiary/aromatic N) is 2. The number of benzene rings is 2. The Morgan fingerprint density at radius 3 is 2.32 bits per heavy atom. The van der Waals surface area contributed by atoms with Crippen molar-refractivity contribution in [3.63, 3.8) is 0 Å². The molecular formula is C23H21F4N5O5. The van der Waals surface area contributed by atoms with E-state index in [1.165, 1.54) is 0 Å². The van der Waals surface area contributed by atoms with E-state index in [1.54, 1.807) is 26.2 Å². The first-order valence-corrected chi connectivity index (χ1v) is 10.4. The first-order chi connectivity index (χ1) is 17.3. The third-order valence-corrected chi connectivity index (χ3v) is 5.05. The number of aromatic nitrogens is 3. The maximum absolute atomic E-state index is 14.3. The molecule has 0 saturated heterocycles. The Hall–Kier alpha value is -4.62. The predicted octanol–water partition coefficient (Wildman–Crippen LogP) is 5.10. The number of fused-ring (bicyclic) bond motifs is 1. The lowest BCUT2D eigenvalue weighted by Crippen LogP contribution is -2.21. The number of aryl methyl sites for hydroxylation is 2. The van der Waals surface area contributed by atoms with Crippen molar-refractivity contribution < 1.29 is 36.6 Å². The van der Waals surface area contributed by atoms with Gasteiger partial charge in [-0.15, -0.1) is 0 Å². The summed E-state index contributed by atoms with van der Waals surface area (Å²) in [5.41, 5.74) is 5.04. The molecular weight excluding hydrogens is 502 g/mol. The van der Waals surface area contributed by atoms with Gasteiger partial charge in [0, 0.05) is 17.4 Å². The highest BCUT2D eigenvalue weighted by atomic mass is 19.4. The molecule has 0 fully saturated rings. The van der Waals surface area contributed by atoms with E-state index in [0.29, 0.717) is 16.8 Å². The van der Waals surface area contributed by atoms with Crippen LogP contribution in [0, 0.1) is 26.6 Å². The van der Waals surface area contributed by atoms with Crippen LogP contribution in [0.2, 0.25) is 0 Å². The average molecular weight is 523 g/mol. The van der Waals surface area contributed by atoms with Crippen LogP contribution in [0.5, 0.6) is 5.75 Å². The summed E-state index contributed by atoms with van der Waals surface area (Å²) in [5, 5.41) is 13.1. The first-order valence-electron chi connectivity index (χ1n) is 10.4. The average Bonchev–Trinajstić information content (AvgIpc) is 3.19. The molecule has 2 aromatic carbocycles. The molecule has 0 spiro atoms. The van der Waals surface area contributed by atoms with Gasteiger partial charge in [-0.3, -0.25) is 4.98 Å². The van der Waals surface area contributed by atoms with Crippen molar-refractivity contribution in [2.75, 3.05) is 17.7 Å². The van der Waals surface area contributed by atoms with E-state index in [2.05, 4.69) is 25.6 Å². The molecule has 0 unspecified atom stereocenters. The number of hydrogen-bond donors (Lipinski definition) is 4. The van der Waals surface area contributed by atoms with Gasteiger partial charge in [0.2, 0.25) is 5.95 Å². The predicted molar refractivity (Wildman–Crippen MR) is 126 cm³/mol. The number of aliphatic carboxylic acids is 1. The van der Waals surface area contributed by atoms with Gasteiger partial charge in [0.25, 0.3) is 0 Å². The van der Waals surface area contributed by atoms with Gasteiger partial charge in [-0.1, -0.05) is 0 Å². The molecule has 4 aromatic rings. The summed E-state index contributed by atoms with van der Waals surface area (Å²) >= 11 is 0. The van der Waals surface area contributed by atoms with Crippen molar-refractivity contribution in [2.24, 2.45) is 0 Å². The Kier molecular flexibility index (Phi) is 7.70. The normalized spacial score (nSPS) is 11.0. The van der Waals surface area contributed by atoms with Gasteiger partial charge >= 0.3 is 17.9 Å². The van der Waals surface area contributed by atoms with E-state index in [4.69, 9.17) is 19.1 Å². The van der Waals surface area contributed by atoms with E-state index < -0.39 is 23.7 Å². The van der Waals surface area contributed by atoms with Gasteiger partial charge in [0.1, 0.15) is 5.75 Å². The zero-order chi connectivity index (χ0) is 27.5. The molecule has 37 heavy (non-hydrogen) atoms. The quantitative estimate of drug-likeness (QED) is 0.263. The van der Waals surface area contributed by atoms with Gasteiger partial charge < -0.3 is 24.9 Å². The van der Waals surface area contributed by atoms with Crippen molar-refractivity contribution in [2.45, 2.75) is 26.9 Å². The molecule has 14 heteroatoms. The molecule has 0 aliphatic heterocycles. The fourth-order valence-electron chi connectivity index (χ4n) is 3.19. The summed E-state index contributed by atoms with van der Waals surface area (Å²) in [4.78, 5) is 31.2. The summed E-state index contributed by atoms with van der Waals surface area (Å²) in [6, 6.07) is 7.15. The van der Waals surface area contributed by atoms with Crippen LogP contribution in [0.15, 0.2) is 39.7 Å². The van der Waals surface area contributed by atoms with Crippen LogP contribution >= 0.6 is 0 Å². The van der Waals surface area contributed by atoms with Gasteiger partial charge in [-0.25, -0.2) is 19.0 Å². The molecule has 4 N–H and O–H groups in total. The van der Waals surface area contributed by atoms with Crippen LogP contribution < -0.4 is 21.1 Å². The number of carbonyl (C=O) groups is 1. The minimum Gasteiger partial charge on any atom is -0.496 e. The second kappa shape index (κ2) is 10.6. The fourth-order valence-corrected chi connectivity index (χ4v) is 3.19. The number of oxazole rings is 1. The van der Waals surface area contributed by atoms with Gasteiger partial charge in [0.15, 0.2) is 17.2 Å². The third-order valence-electron chi connectivity index (χ3n) is 5.05. The number of carboxylic acids is 1. The first kappa shape index (κ1) is 27.0. The molecule has 2 heterocycles. The zero-order valence-electron chi connectivity index (χ0n) is 19.9. The lowest BCUT2D eigenvalue weighted by atomic mass is 10.1. The molecule has 10 nitrogen and oxygen atoms in total. The van der Waals surface area contributed by atoms with E-state index >= 15 is 0 Å². The van der Waals surface area contributed by atoms with E-state index in [0.717, 1.165) is 34.3 Å². The molecule has 0 aliphatic rings. The maximum atomic E-state index is 14.3. The number of hydrogen-bond acceptors (Lipinski definition) is 8. The second-order valence-corrected chi connectivity index (χ2v) is 7.75. The second-order valence-electron chi connectivity index (χ2n) is 7.75. The zero-order valence-corrected chi connectivity index (χ0v) is 19.9. The molecule has 196 valence electrons. The summed E-state index contributed by atoms with van der Waals surface area (Å²) in [6.07, 6.45) is -4.00. The number of aromatic amines is 1. The van der Waals surface area contributed by atoms with Crippen molar-refractivity contribution in [1.29, 1.82) is 0 Å². The van der Waals surface area contributed by atoms with Crippen LogP contribution in [-0.2, 0) is 4.79 Å². The number of H-pyrrole nitrogens is 1. The van der Waals surface area contributed by atoms with Crippen LogP contribution in [0.3, 0.4) is 0 Å². The summed E-state index contributed by atoms with van der Waals surface area (Å²) in [6.45, 7) is 5.74. The summed E-state index contributed by atoms with van der Waals surface area (Å²) < 4.78 is 56.6. The van der Waals surface area contributed by atoms with Gasteiger partial charge in [0.05, 0.1) is 18.8 Å². The smallest absolute Gasteiger partial charge is 0.490 e. The Labute approximate surface area is 206 Å². The number of methoxy groups -OCH3 is 1. The molecule has 0 amide bonds. The number of ether oxygens (including phenoxy) is 1. The Morgan fingerprint density at radius 2 is 1.70 bits per heavy atom. The molecule has 4 rings (SSSR count). The number of halogens is 4. The highest BCUT2D eigenvalue weighted by Gasteiger charge is 2.38. The van der Waals surface area contributed by atoms with Crippen LogP contribution in [0.25, 0.3) is 11.1 Å². The summed E-state index contributed by atoms with van der Waals surface area (Å²) in [5.74, 6) is -2.97. The minimum absolute atomic E-state index is 0.00658. The van der Waals surface area contributed by atoms with Crippen LogP contribution in [-0.4, -0.2) is 39.3 Å². The molecule has 0 radical (unpaired) electrons. The number of anilines is 4. The lowest BCUT2D eigenvalue weighted by Gasteiger charge is -2.13. The molecule has 2 aromatic heterocycles. The number of rotatable bonds is 5. The van der Waals surface area contributed by atoms with Crippen LogP contribution in [0.1, 0.15) is 16.7 Å². The van der Waals surface area contributed by atoms with Crippen LogP contribution in [0.4, 0.5) is 40.7 Å². The molecule has 0 atom stereocenters. The van der Waals surface area contributed by atoms with Crippen molar-refractivity contribution in [3.8, 4) is 5.75 Å². The Bertz CT molecular complexity index is 1510. The number of nitrogens with one attached hydrogen (secondary N) is 3. The molecule has 0 aliphatic carbocycles. The monoisotopic (exact) mass is 523 g/mol. The minimum atomic E-state index is -5.08. The maximum Gasteiger partial charge on any atom is 0.490 e. The van der Waals surface area contributed by atoms with Crippen molar-refractivity contribution >= 4 is 40.2 Å². The van der Waals surface area contributed by atoms with Gasteiger partial charge in [-0.2, -0.15) is 18.2 Å². The molecule has 0 bridgehead atoms. The summed E-state index contributed by atoms with van der Waals surface area (Å²) in [7, 11) is 1.61. The fraction of sp³-hybridized carbons (Fsp3) is 0.217. The van der Waals surface area contributed by atoms with E-state index in [9.17, 15) is 22.4 Å². The SMILES string of the molecule is COc1cc(Nc2ncc(F)c(Nc3cc(C)c4oc(=O)[nH]c4c3)n2)cc(C)c1C.O=C(O)C(F)(F)F. The van der Waals surface area contributed by atoms with Gasteiger partial charge in [-0.05, 0) is 55.7 Å². The van der Waals surface area contributed by atoms with E-state index in [-0.39, 0.29) is 11.8 Å². The number of alkyl halides is 3. The lowest BCUT2D eigenvalue weighted by molar-refractivity contribution is -0.192. The van der Waals surface area contributed by atoms with Crippen molar-refractivity contribution in [1.82, 2.24) is 15.0 Å². The highest BCUT2D eigenvalue weighted by Crippen LogP contribution is 2.29. The van der Waals surface area contributed by atoms with Crippen molar-refractivity contribution in [3.05, 3.63) is 63.5 Å². The van der Waals surface area contributed by atoms with E-state index in [1.807, 2.05) is 26.0 Å². The Morgan fingerprint density at radius 1 is 1.08 bits per heavy atom. The largest absolute Gasteiger partial charge is 0.496 e. The standard InChI is InChI=1S/C21H20FN5O3.C2HF3O2/c1-10-5-14(8-17(29-4)12(10)3)25-20-23-9-15(22)19(27-20)24-13-6-11(2)18-16(7-13)26-21(28)30-18;3-2(4,5)1(6)7/h5-9H,1-4H3,(H,26,28)(H2,23,24,25,27);(H,6,7). The third kappa shape index (κ3) is 6.54.